The van der Waals surface area contributed by atoms with Crippen LogP contribution < -0.4 is 9.47 Å². The normalized spacial score (nSPS) is 17.5. The summed E-state index contributed by atoms with van der Waals surface area (Å²) in [4.78, 5) is 3.09. The Morgan fingerprint density at radius 2 is 1.84 bits per heavy atom. The predicted molar refractivity (Wildman–Crippen MR) is 145 cm³/mol. The summed E-state index contributed by atoms with van der Waals surface area (Å²) in [7, 11) is 0. The van der Waals surface area contributed by atoms with E-state index in [-0.39, 0.29) is 36.4 Å². The summed E-state index contributed by atoms with van der Waals surface area (Å²) in [5, 5.41) is 10.0. The summed E-state index contributed by atoms with van der Waals surface area (Å²) in [5.41, 5.74) is 3.32. The number of thioether (sulfide) groups is 1. The van der Waals surface area contributed by atoms with Crippen LogP contribution in [0.5, 0.6) is 17.2 Å². The number of halogens is 3. The average Bonchev–Trinajstić information content (AvgIpc) is 3.36. The molecule has 1 saturated heterocycles. The number of fused-ring (bicyclic) bond motifs is 1. The lowest BCUT2D eigenvalue weighted by molar-refractivity contribution is 0.198. The van der Waals surface area contributed by atoms with E-state index in [0.717, 1.165) is 59.5 Å². The number of ether oxygens (including phenoxy) is 2. The van der Waals surface area contributed by atoms with Gasteiger partial charge in [-0.05, 0) is 78.4 Å². The molecule has 0 aliphatic carbocycles. The highest BCUT2D eigenvalue weighted by molar-refractivity contribution is 7.99. The second-order valence-corrected chi connectivity index (χ2v) is 10.4. The van der Waals surface area contributed by atoms with Crippen LogP contribution in [0.1, 0.15) is 36.5 Å². The van der Waals surface area contributed by atoms with E-state index in [2.05, 4.69) is 4.90 Å². The Labute approximate surface area is 225 Å². The fraction of sp³-hybridized carbons (Fsp3) is 0.333. The number of rotatable bonds is 9. The van der Waals surface area contributed by atoms with Crippen LogP contribution >= 0.6 is 11.8 Å². The number of alkyl halides is 1. The number of aromatic hydroxyl groups is 1. The van der Waals surface area contributed by atoms with E-state index in [4.69, 9.17) is 9.47 Å². The van der Waals surface area contributed by atoms with Crippen molar-refractivity contribution in [1.29, 1.82) is 0 Å². The third-order valence-electron chi connectivity index (χ3n) is 6.84. The standard InChI is InChI=1S/C30H30F3NO3S/c1-2-36-28-16-26(32)24(15-27(28)33)25-18-38-29-14-20(35)6-9-23(29)30(25)19-4-7-21(8-5-19)37-22-10-13-34(17-22)12-3-11-31/h4-9,14-16,22,35H,2-3,10-13,17-18H2,1H3/t22-/m0/s1. The fourth-order valence-electron chi connectivity index (χ4n) is 5.06. The molecule has 0 amide bonds. The van der Waals surface area contributed by atoms with Crippen molar-refractivity contribution in [3.63, 3.8) is 0 Å². The van der Waals surface area contributed by atoms with E-state index in [1.807, 2.05) is 30.3 Å². The molecule has 0 radical (unpaired) electrons. The van der Waals surface area contributed by atoms with E-state index in [1.165, 1.54) is 17.8 Å². The van der Waals surface area contributed by atoms with E-state index < -0.39 is 11.6 Å². The summed E-state index contributed by atoms with van der Waals surface area (Å²) in [6.45, 7) is 4.05. The van der Waals surface area contributed by atoms with Crippen molar-refractivity contribution in [2.24, 2.45) is 0 Å². The molecule has 200 valence electrons. The van der Waals surface area contributed by atoms with Crippen molar-refractivity contribution in [3.05, 3.63) is 82.9 Å². The van der Waals surface area contributed by atoms with E-state index >= 15 is 4.39 Å². The largest absolute Gasteiger partial charge is 0.508 e. The van der Waals surface area contributed by atoms with Crippen molar-refractivity contribution < 1.29 is 27.8 Å². The van der Waals surface area contributed by atoms with E-state index in [0.29, 0.717) is 17.7 Å². The molecule has 38 heavy (non-hydrogen) atoms. The van der Waals surface area contributed by atoms with Gasteiger partial charge in [0.2, 0.25) is 0 Å². The highest BCUT2D eigenvalue weighted by Crippen LogP contribution is 2.46. The monoisotopic (exact) mass is 541 g/mol. The topological polar surface area (TPSA) is 41.9 Å². The number of nitrogens with zero attached hydrogens (tertiary/aromatic N) is 1. The molecule has 3 aromatic carbocycles. The fourth-order valence-corrected chi connectivity index (χ4v) is 6.19. The van der Waals surface area contributed by atoms with Crippen molar-refractivity contribution >= 4 is 22.9 Å². The Morgan fingerprint density at radius 3 is 2.61 bits per heavy atom. The van der Waals surface area contributed by atoms with Crippen LogP contribution in [-0.4, -0.2) is 54.8 Å². The summed E-state index contributed by atoms with van der Waals surface area (Å²) < 4.78 is 54.0. The Morgan fingerprint density at radius 1 is 1.03 bits per heavy atom. The first-order valence-electron chi connectivity index (χ1n) is 12.8. The van der Waals surface area contributed by atoms with Gasteiger partial charge < -0.3 is 14.6 Å². The molecule has 8 heteroatoms. The number of hydrogen-bond acceptors (Lipinski definition) is 5. The second kappa shape index (κ2) is 11.7. The number of benzene rings is 3. The molecule has 0 bridgehead atoms. The van der Waals surface area contributed by atoms with Gasteiger partial charge in [-0.15, -0.1) is 11.8 Å². The Bertz CT molecular complexity index is 1330. The number of phenols is 1. The first-order chi connectivity index (χ1) is 18.5. The molecule has 1 atom stereocenters. The Hall–Kier alpha value is -3.10. The van der Waals surface area contributed by atoms with Gasteiger partial charge >= 0.3 is 0 Å². The minimum atomic E-state index is -0.613. The molecule has 2 aliphatic rings. The molecule has 2 aliphatic heterocycles. The maximum Gasteiger partial charge on any atom is 0.165 e. The zero-order valence-corrected chi connectivity index (χ0v) is 22.0. The van der Waals surface area contributed by atoms with Gasteiger partial charge in [0.15, 0.2) is 11.6 Å². The van der Waals surface area contributed by atoms with Crippen LogP contribution in [0.25, 0.3) is 11.1 Å². The highest BCUT2D eigenvalue weighted by atomic mass is 32.2. The highest BCUT2D eigenvalue weighted by Gasteiger charge is 2.26. The number of hydrogen-bond donors (Lipinski definition) is 1. The van der Waals surface area contributed by atoms with Crippen molar-refractivity contribution in [2.75, 3.05) is 38.7 Å². The van der Waals surface area contributed by atoms with Gasteiger partial charge in [-0.25, -0.2) is 8.78 Å². The van der Waals surface area contributed by atoms with Crippen molar-refractivity contribution in [1.82, 2.24) is 4.90 Å². The molecule has 5 rings (SSSR count). The maximum atomic E-state index is 15.3. The summed E-state index contributed by atoms with van der Waals surface area (Å²) in [6, 6.07) is 15.0. The predicted octanol–water partition coefficient (Wildman–Crippen LogP) is 6.95. The van der Waals surface area contributed by atoms with Crippen molar-refractivity contribution in [2.45, 2.75) is 30.8 Å². The van der Waals surface area contributed by atoms with Gasteiger partial charge in [0.25, 0.3) is 0 Å². The van der Waals surface area contributed by atoms with Gasteiger partial charge in [0, 0.05) is 41.9 Å². The third-order valence-corrected chi connectivity index (χ3v) is 7.92. The van der Waals surface area contributed by atoms with E-state index in [1.54, 1.807) is 19.1 Å². The average molecular weight is 542 g/mol. The number of likely N-dealkylation sites (tertiary alicyclic amines) is 1. The zero-order valence-electron chi connectivity index (χ0n) is 21.2. The van der Waals surface area contributed by atoms with Gasteiger partial charge in [-0.3, -0.25) is 9.29 Å². The molecule has 3 aromatic rings. The molecule has 1 N–H and O–H groups in total. The molecule has 1 fully saturated rings. The van der Waals surface area contributed by atoms with Crippen LogP contribution in [0.15, 0.2) is 59.5 Å². The van der Waals surface area contributed by atoms with Gasteiger partial charge in [0.1, 0.15) is 23.4 Å². The quantitative estimate of drug-likeness (QED) is 0.318. The first kappa shape index (κ1) is 26.5. The van der Waals surface area contributed by atoms with Crippen LogP contribution in [-0.2, 0) is 0 Å². The molecule has 2 heterocycles. The summed E-state index contributed by atoms with van der Waals surface area (Å²) >= 11 is 1.47. The Kier molecular flexibility index (Phi) is 8.19. The van der Waals surface area contributed by atoms with Crippen LogP contribution in [0.4, 0.5) is 13.2 Å². The van der Waals surface area contributed by atoms with Crippen molar-refractivity contribution in [3.8, 4) is 17.2 Å². The summed E-state index contributed by atoms with van der Waals surface area (Å²) in [5.74, 6) is 0.00825. The maximum absolute atomic E-state index is 15.3. The van der Waals surface area contributed by atoms with Gasteiger partial charge in [0.05, 0.1) is 13.3 Å². The van der Waals surface area contributed by atoms with Crippen LogP contribution in [0.3, 0.4) is 0 Å². The SMILES string of the molecule is CCOc1cc(F)c(C2=C(c3ccc(O[C@H]4CCN(CCCF)C4)cc3)c3ccc(O)cc3SC2)cc1F. The molecule has 4 nitrogen and oxygen atoms in total. The third kappa shape index (κ3) is 5.66. The Balaban J connectivity index is 1.48. The lowest BCUT2D eigenvalue weighted by atomic mass is 9.89. The van der Waals surface area contributed by atoms with Gasteiger partial charge in [-0.1, -0.05) is 12.1 Å². The van der Waals surface area contributed by atoms with Gasteiger partial charge in [-0.2, -0.15) is 0 Å². The molecule has 0 aromatic heterocycles. The molecule has 0 spiro atoms. The number of phenolic OH excluding ortho intramolecular Hbond substituents is 1. The minimum Gasteiger partial charge on any atom is -0.508 e. The molecular formula is C30H30F3NO3S. The summed E-state index contributed by atoms with van der Waals surface area (Å²) in [6.07, 6.45) is 1.47. The first-order valence-corrected chi connectivity index (χ1v) is 13.8. The zero-order chi connectivity index (χ0) is 26.6. The van der Waals surface area contributed by atoms with Crippen LogP contribution in [0, 0.1) is 11.6 Å². The molecule has 0 unspecified atom stereocenters. The van der Waals surface area contributed by atoms with E-state index in [9.17, 15) is 13.9 Å². The lowest BCUT2D eigenvalue weighted by Crippen LogP contribution is -2.26. The molecule has 0 saturated carbocycles. The molecular weight excluding hydrogens is 511 g/mol. The lowest BCUT2D eigenvalue weighted by Gasteiger charge is -2.25. The smallest absolute Gasteiger partial charge is 0.165 e. The van der Waals surface area contributed by atoms with Crippen LogP contribution in [0.2, 0.25) is 0 Å². The minimum absolute atomic E-state index is 0.0472. The second-order valence-electron chi connectivity index (χ2n) is 9.41.